The molecule has 2 aliphatic heterocycles. The van der Waals surface area contributed by atoms with Crippen molar-refractivity contribution < 1.29 is 14.4 Å². The molecule has 0 unspecified atom stereocenters. The second-order valence-electron chi connectivity index (χ2n) is 10.2. The normalized spacial score (nSPS) is 22.8. The number of benzene rings is 2. The Balaban J connectivity index is 1.47. The molecule has 2 aromatic rings. The number of hydrogen-bond acceptors (Lipinski definition) is 3. The van der Waals surface area contributed by atoms with Gasteiger partial charge in [0.05, 0.1) is 0 Å². The van der Waals surface area contributed by atoms with Crippen molar-refractivity contribution in [3.05, 3.63) is 65.2 Å². The van der Waals surface area contributed by atoms with E-state index in [1.165, 1.54) is 11.1 Å². The molecule has 184 valence electrons. The minimum absolute atomic E-state index is 0.00172. The lowest BCUT2D eigenvalue weighted by atomic mass is 9.86. The zero-order valence-corrected chi connectivity index (χ0v) is 20.7. The maximum atomic E-state index is 14.1. The SMILES string of the molecule is CCC(CC)[C@@H]1C(=O)N[C@H](C2Cc3ccccc3C2)C(=O)N1Cc1ccccc1N1CCCC1=O. The maximum absolute atomic E-state index is 14.1. The zero-order chi connectivity index (χ0) is 24.5. The number of piperazine rings is 1. The molecule has 1 aliphatic carbocycles. The van der Waals surface area contributed by atoms with E-state index >= 15 is 0 Å². The molecule has 2 atom stereocenters. The summed E-state index contributed by atoms with van der Waals surface area (Å²) in [5, 5.41) is 3.14. The molecular weight excluding hydrogens is 438 g/mol. The van der Waals surface area contributed by atoms with Crippen LogP contribution in [0.1, 0.15) is 56.2 Å². The van der Waals surface area contributed by atoms with Gasteiger partial charge in [0.2, 0.25) is 17.7 Å². The number of carbonyl (C=O) groups excluding carboxylic acids is 3. The van der Waals surface area contributed by atoms with Gasteiger partial charge in [0.1, 0.15) is 12.1 Å². The van der Waals surface area contributed by atoms with E-state index in [0.717, 1.165) is 43.4 Å². The number of carbonyl (C=O) groups is 3. The summed E-state index contributed by atoms with van der Waals surface area (Å²) in [4.78, 5) is 43.8. The van der Waals surface area contributed by atoms with Gasteiger partial charge in [0, 0.05) is 25.2 Å². The van der Waals surface area contributed by atoms with Crippen LogP contribution in [0.3, 0.4) is 0 Å². The van der Waals surface area contributed by atoms with Gasteiger partial charge >= 0.3 is 0 Å². The molecule has 6 heteroatoms. The molecule has 2 fully saturated rings. The van der Waals surface area contributed by atoms with Gasteiger partial charge in [-0.15, -0.1) is 0 Å². The van der Waals surface area contributed by atoms with E-state index in [-0.39, 0.29) is 29.6 Å². The fourth-order valence-corrected chi connectivity index (χ4v) is 6.28. The van der Waals surface area contributed by atoms with Crippen molar-refractivity contribution in [3.8, 4) is 0 Å². The number of nitrogens with one attached hydrogen (secondary N) is 1. The summed E-state index contributed by atoms with van der Waals surface area (Å²) >= 11 is 0. The quantitative estimate of drug-likeness (QED) is 0.664. The fraction of sp³-hybridized carbons (Fsp3) is 0.483. The Morgan fingerprint density at radius 1 is 0.943 bits per heavy atom. The van der Waals surface area contributed by atoms with Crippen LogP contribution < -0.4 is 10.2 Å². The minimum atomic E-state index is -0.527. The Morgan fingerprint density at radius 2 is 1.60 bits per heavy atom. The first kappa shape index (κ1) is 23.6. The molecular formula is C29H35N3O3. The fourth-order valence-electron chi connectivity index (χ4n) is 6.28. The van der Waals surface area contributed by atoms with Crippen LogP contribution in [0, 0.1) is 11.8 Å². The van der Waals surface area contributed by atoms with Gasteiger partial charge in [-0.05, 0) is 53.9 Å². The molecule has 0 bridgehead atoms. The van der Waals surface area contributed by atoms with Crippen molar-refractivity contribution >= 4 is 23.4 Å². The standard InChI is InChI=1S/C29H35N3O3/c1-3-19(4-2)27-28(34)30-26(23-16-20-10-5-6-11-21(20)17-23)29(35)32(27)18-22-12-7-8-13-24(22)31-15-9-14-25(31)33/h5-8,10-13,19,23,26-27H,3-4,9,14-18H2,1-2H3,(H,30,34)/t26-,27-/m1/s1. The molecule has 2 aromatic carbocycles. The van der Waals surface area contributed by atoms with Gasteiger partial charge in [-0.25, -0.2) is 0 Å². The molecule has 35 heavy (non-hydrogen) atoms. The molecule has 0 aromatic heterocycles. The van der Waals surface area contributed by atoms with E-state index < -0.39 is 12.1 Å². The molecule has 0 spiro atoms. The van der Waals surface area contributed by atoms with Gasteiger partial charge in [0.25, 0.3) is 0 Å². The van der Waals surface area contributed by atoms with Crippen molar-refractivity contribution in [3.63, 3.8) is 0 Å². The Hall–Kier alpha value is -3.15. The zero-order valence-electron chi connectivity index (χ0n) is 20.7. The monoisotopic (exact) mass is 473 g/mol. The number of rotatable bonds is 7. The number of amides is 3. The summed E-state index contributed by atoms with van der Waals surface area (Å²) in [6, 6.07) is 15.1. The molecule has 6 nitrogen and oxygen atoms in total. The lowest BCUT2D eigenvalue weighted by Gasteiger charge is -2.44. The van der Waals surface area contributed by atoms with Gasteiger partial charge in [0.15, 0.2) is 0 Å². The molecule has 1 N–H and O–H groups in total. The highest BCUT2D eigenvalue weighted by Gasteiger charge is 2.47. The first-order valence-electron chi connectivity index (χ1n) is 13.1. The number of nitrogens with zero attached hydrogens (tertiary/aromatic N) is 2. The second-order valence-corrected chi connectivity index (χ2v) is 10.2. The first-order valence-corrected chi connectivity index (χ1v) is 13.1. The minimum Gasteiger partial charge on any atom is -0.342 e. The van der Waals surface area contributed by atoms with E-state index in [2.05, 4.69) is 31.3 Å². The summed E-state index contributed by atoms with van der Waals surface area (Å²) in [7, 11) is 0. The Bertz CT molecular complexity index is 1100. The van der Waals surface area contributed by atoms with Crippen LogP contribution in [0.25, 0.3) is 0 Å². The predicted octanol–water partition coefficient (Wildman–Crippen LogP) is 3.86. The van der Waals surface area contributed by atoms with Crippen molar-refractivity contribution in [2.24, 2.45) is 11.8 Å². The van der Waals surface area contributed by atoms with Crippen LogP contribution in [0.4, 0.5) is 5.69 Å². The predicted molar refractivity (Wildman–Crippen MR) is 136 cm³/mol. The Labute approximate surface area is 207 Å². The van der Waals surface area contributed by atoms with E-state index in [0.29, 0.717) is 19.5 Å². The van der Waals surface area contributed by atoms with Crippen LogP contribution in [-0.4, -0.2) is 41.2 Å². The van der Waals surface area contributed by atoms with Gasteiger partial charge in [-0.1, -0.05) is 69.2 Å². The lowest BCUT2D eigenvalue weighted by Crippen LogP contribution is -2.66. The summed E-state index contributed by atoms with van der Waals surface area (Å²) in [6.07, 6.45) is 4.65. The number of fused-ring (bicyclic) bond motifs is 1. The van der Waals surface area contributed by atoms with Gasteiger partial charge in [-0.2, -0.15) is 0 Å². The molecule has 2 heterocycles. The summed E-state index contributed by atoms with van der Waals surface area (Å²) in [5.74, 6) is 0.222. The third kappa shape index (κ3) is 4.35. The van der Waals surface area contributed by atoms with Crippen LogP contribution in [0.15, 0.2) is 48.5 Å². The largest absolute Gasteiger partial charge is 0.342 e. The Kier molecular flexibility index (Phi) is 6.63. The van der Waals surface area contributed by atoms with Crippen LogP contribution >= 0.6 is 0 Å². The number of hydrogen-bond donors (Lipinski definition) is 1. The number of anilines is 1. The van der Waals surface area contributed by atoms with E-state index in [9.17, 15) is 14.4 Å². The second kappa shape index (κ2) is 9.84. The topological polar surface area (TPSA) is 69.7 Å². The van der Waals surface area contributed by atoms with Crippen molar-refractivity contribution in [2.75, 3.05) is 11.4 Å². The molecule has 0 radical (unpaired) electrons. The smallest absolute Gasteiger partial charge is 0.246 e. The van der Waals surface area contributed by atoms with E-state index in [1.54, 1.807) is 0 Å². The molecule has 2 saturated heterocycles. The van der Waals surface area contributed by atoms with E-state index in [4.69, 9.17) is 0 Å². The first-order chi connectivity index (χ1) is 17.0. The molecule has 3 amide bonds. The highest BCUT2D eigenvalue weighted by atomic mass is 16.2. The number of para-hydroxylation sites is 1. The van der Waals surface area contributed by atoms with Crippen LogP contribution in [-0.2, 0) is 33.8 Å². The summed E-state index contributed by atoms with van der Waals surface area (Å²) in [6.45, 7) is 5.20. The summed E-state index contributed by atoms with van der Waals surface area (Å²) < 4.78 is 0. The highest BCUT2D eigenvalue weighted by Crippen LogP contribution is 2.34. The third-order valence-electron chi connectivity index (χ3n) is 8.20. The Morgan fingerprint density at radius 3 is 2.23 bits per heavy atom. The maximum Gasteiger partial charge on any atom is 0.246 e. The average molecular weight is 474 g/mol. The van der Waals surface area contributed by atoms with Crippen molar-refractivity contribution in [1.82, 2.24) is 10.2 Å². The van der Waals surface area contributed by atoms with Crippen molar-refractivity contribution in [1.29, 1.82) is 0 Å². The van der Waals surface area contributed by atoms with Crippen LogP contribution in [0.5, 0.6) is 0 Å². The van der Waals surface area contributed by atoms with Crippen molar-refractivity contribution in [2.45, 2.75) is 71.0 Å². The molecule has 5 rings (SSSR count). The summed E-state index contributed by atoms with van der Waals surface area (Å²) in [5.41, 5.74) is 4.33. The van der Waals surface area contributed by atoms with Crippen LogP contribution in [0.2, 0.25) is 0 Å². The molecule has 3 aliphatic rings. The molecule has 0 saturated carbocycles. The van der Waals surface area contributed by atoms with Gasteiger partial charge < -0.3 is 15.1 Å². The highest BCUT2D eigenvalue weighted by molar-refractivity contribution is 5.98. The lowest BCUT2D eigenvalue weighted by molar-refractivity contribution is -0.154. The third-order valence-corrected chi connectivity index (χ3v) is 8.20. The van der Waals surface area contributed by atoms with Gasteiger partial charge in [-0.3, -0.25) is 14.4 Å². The average Bonchev–Trinajstić information content (AvgIpc) is 3.49. The van der Waals surface area contributed by atoms with E-state index in [1.807, 2.05) is 46.2 Å².